The molecule has 0 amide bonds. The number of nitrogens with zero attached hydrogens (tertiary/aromatic N) is 4. The Morgan fingerprint density at radius 2 is 1.85 bits per heavy atom. The van der Waals surface area contributed by atoms with Crippen LogP contribution in [-0.4, -0.2) is 23.3 Å². The third-order valence-electron chi connectivity index (χ3n) is 4.97. The lowest BCUT2D eigenvalue weighted by atomic mass is 10.0. The van der Waals surface area contributed by atoms with Gasteiger partial charge in [-0.3, -0.25) is 0 Å². The number of fused-ring (bicyclic) bond motifs is 1. The van der Waals surface area contributed by atoms with E-state index >= 15 is 0 Å². The van der Waals surface area contributed by atoms with Gasteiger partial charge < -0.3 is 4.90 Å². The van der Waals surface area contributed by atoms with E-state index in [-0.39, 0.29) is 0 Å². The van der Waals surface area contributed by atoms with Crippen LogP contribution in [0.2, 0.25) is 0 Å². The summed E-state index contributed by atoms with van der Waals surface area (Å²) in [7, 11) is 0. The lowest BCUT2D eigenvalue weighted by molar-refractivity contribution is 0.494. The van der Waals surface area contributed by atoms with Crippen molar-refractivity contribution in [2.24, 2.45) is 11.8 Å². The van der Waals surface area contributed by atoms with E-state index in [1.807, 2.05) is 0 Å². The van der Waals surface area contributed by atoms with E-state index in [4.69, 9.17) is 0 Å². The van der Waals surface area contributed by atoms with E-state index in [0.717, 1.165) is 60.4 Å². The first kappa shape index (κ1) is 13.4. The highest BCUT2D eigenvalue weighted by Gasteiger charge is 2.37. The maximum absolute atomic E-state index is 9.57. The lowest BCUT2D eigenvalue weighted by Gasteiger charge is -2.21. The van der Waals surface area contributed by atoms with Crippen molar-refractivity contribution in [2.45, 2.75) is 46.0 Å². The fraction of sp³-hybridized carbons (Fsp3) is 0.688. The van der Waals surface area contributed by atoms with E-state index < -0.39 is 0 Å². The Hall–Kier alpha value is -1.63. The largest absolute Gasteiger partial charge is 0.353 e. The van der Waals surface area contributed by atoms with E-state index in [0.29, 0.717) is 0 Å². The van der Waals surface area contributed by atoms with Crippen molar-refractivity contribution >= 4 is 5.82 Å². The fourth-order valence-corrected chi connectivity index (χ4v) is 3.91. The predicted molar refractivity (Wildman–Crippen MR) is 78.5 cm³/mol. The molecule has 3 rings (SSSR count). The van der Waals surface area contributed by atoms with Crippen molar-refractivity contribution in [3.05, 3.63) is 16.8 Å². The number of rotatable bonds is 3. The second kappa shape index (κ2) is 5.40. The highest BCUT2D eigenvalue weighted by atomic mass is 15.3. The van der Waals surface area contributed by atoms with Crippen molar-refractivity contribution in [1.82, 2.24) is 10.2 Å². The van der Waals surface area contributed by atoms with Gasteiger partial charge in [0.2, 0.25) is 0 Å². The molecule has 1 saturated carbocycles. The summed E-state index contributed by atoms with van der Waals surface area (Å²) in [6.45, 7) is 6.29. The number of nitriles is 1. The smallest absolute Gasteiger partial charge is 0.169 e. The zero-order valence-electron chi connectivity index (χ0n) is 12.4. The van der Waals surface area contributed by atoms with Crippen LogP contribution >= 0.6 is 0 Å². The van der Waals surface area contributed by atoms with E-state index in [9.17, 15) is 5.26 Å². The van der Waals surface area contributed by atoms with Gasteiger partial charge in [0.15, 0.2) is 5.82 Å². The normalized spacial score (nSPS) is 24.8. The third-order valence-corrected chi connectivity index (χ3v) is 4.97. The summed E-state index contributed by atoms with van der Waals surface area (Å²) in [5.41, 5.74) is 2.84. The molecule has 0 N–H and O–H groups in total. The van der Waals surface area contributed by atoms with Crippen LogP contribution in [0.5, 0.6) is 0 Å². The van der Waals surface area contributed by atoms with Crippen LogP contribution in [0.4, 0.5) is 5.82 Å². The van der Waals surface area contributed by atoms with Gasteiger partial charge in [-0.25, -0.2) is 0 Å². The maximum atomic E-state index is 9.57. The molecule has 2 atom stereocenters. The number of anilines is 1. The Labute approximate surface area is 120 Å². The monoisotopic (exact) mass is 270 g/mol. The van der Waals surface area contributed by atoms with Crippen molar-refractivity contribution in [1.29, 1.82) is 5.26 Å². The zero-order chi connectivity index (χ0) is 14.1. The number of aromatic nitrogens is 2. The standard InChI is InChI=1S/C16H22N4/c1-3-13-14(8-17)16(19-18-15(13)4-2)20-9-11-6-5-7-12(11)10-20/h11-12H,3-7,9-10H2,1-2H3. The molecule has 1 aromatic heterocycles. The van der Waals surface area contributed by atoms with Gasteiger partial charge in [0, 0.05) is 13.1 Å². The summed E-state index contributed by atoms with van der Waals surface area (Å²) in [4.78, 5) is 2.30. The van der Waals surface area contributed by atoms with Crippen LogP contribution in [0.25, 0.3) is 0 Å². The van der Waals surface area contributed by atoms with Gasteiger partial charge in [0.25, 0.3) is 0 Å². The van der Waals surface area contributed by atoms with Gasteiger partial charge in [-0.1, -0.05) is 20.3 Å². The Kier molecular flexibility index (Phi) is 3.60. The van der Waals surface area contributed by atoms with Crippen LogP contribution in [0, 0.1) is 23.2 Å². The zero-order valence-corrected chi connectivity index (χ0v) is 12.4. The van der Waals surface area contributed by atoms with Crippen LogP contribution in [-0.2, 0) is 12.8 Å². The topological polar surface area (TPSA) is 52.8 Å². The number of aryl methyl sites for hydroxylation is 1. The molecule has 20 heavy (non-hydrogen) atoms. The van der Waals surface area contributed by atoms with Crippen LogP contribution in [0.1, 0.15) is 49.9 Å². The Bertz CT molecular complexity index is 534. The first-order valence-electron chi connectivity index (χ1n) is 7.81. The third kappa shape index (κ3) is 2.06. The van der Waals surface area contributed by atoms with Gasteiger partial charge in [0.1, 0.15) is 11.6 Å². The fourth-order valence-electron chi connectivity index (χ4n) is 3.91. The molecule has 4 nitrogen and oxygen atoms in total. The average Bonchev–Trinajstić information content (AvgIpc) is 3.06. The van der Waals surface area contributed by atoms with E-state index in [1.165, 1.54) is 19.3 Å². The second-order valence-corrected chi connectivity index (χ2v) is 6.00. The van der Waals surface area contributed by atoms with Crippen LogP contribution < -0.4 is 4.90 Å². The predicted octanol–water partition coefficient (Wildman–Crippen LogP) is 2.71. The highest BCUT2D eigenvalue weighted by Crippen LogP contribution is 2.40. The quantitative estimate of drug-likeness (QED) is 0.847. The Balaban J connectivity index is 1.96. The minimum atomic E-state index is 0.763. The molecule has 0 aromatic carbocycles. The molecule has 0 radical (unpaired) electrons. The number of hydrogen-bond acceptors (Lipinski definition) is 4. The molecule has 0 bridgehead atoms. The first-order chi connectivity index (χ1) is 9.78. The molecule has 4 heteroatoms. The SMILES string of the molecule is CCc1nnc(N2CC3CCCC3C2)c(C#N)c1CC. The molecule has 1 aliphatic carbocycles. The maximum Gasteiger partial charge on any atom is 0.169 e. The molecule has 1 aliphatic heterocycles. The molecule has 106 valence electrons. The minimum Gasteiger partial charge on any atom is -0.353 e. The molecule has 0 spiro atoms. The van der Waals surface area contributed by atoms with Crippen LogP contribution in [0.15, 0.2) is 0 Å². The van der Waals surface area contributed by atoms with Crippen molar-refractivity contribution < 1.29 is 0 Å². The summed E-state index contributed by atoms with van der Waals surface area (Å²) in [5, 5.41) is 18.3. The number of hydrogen-bond donors (Lipinski definition) is 0. The Morgan fingerprint density at radius 3 is 2.40 bits per heavy atom. The average molecular weight is 270 g/mol. The molecular weight excluding hydrogens is 248 g/mol. The van der Waals surface area contributed by atoms with Gasteiger partial charge in [0.05, 0.1) is 5.69 Å². The molecular formula is C16H22N4. The summed E-state index contributed by atoms with van der Waals surface area (Å²) in [6, 6.07) is 2.39. The van der Waals surface area contributed by atoms with Crippen LogP contribution in [0.3, 0.4) is 0 Å². The molecule has 2 aliphatic rings. The van der Waals surface area contributed by atoms with Gasteiger partial charge >= 0.3 is 0 Å². The van der Waals surface area contributed by atoms with Crippen molar-refractivity contribution in [3.63, 3.8) is 0 Å². The summed E-state index contributed by atoms with van der Waals surface area (Å²) in [6.07, 6.45) is 5.74. The Morgan fingerprint density at radius 1 is 1.15 bits per heavy atom. The van der Waals surface area contributed by atoms with E-state index in [1.54, 1.807) is 0 Å². The van der Waals surface area contributed by atoms with Crippen molar-refractivity contribution in [3.8, 4) is 6.07 Å². The van der Waals surface area contributed by atoms with Gasteiger partial charge in [-0.05, 0) is 43.1 Å². The summed E-state index contributed by atoms with van der Waals surface area (Å²) < 4.78 is 0. The molecule has 2 heterocycles. The summed E-state index contributed by atoms with van der Waals surface area (Å²) in [5.74, 6) is 2.44. The summed E-state index contributed by atoms with van der Waals surface area (Å²) >= 11 is 0. The lowest BCUT2D eigenvalue weighted by Crippen LogP contribution is -2.24. The molecule has 1 aromatic rings. The van der Waals surface area contributed by atoms with Crippen molar-refractivity contribution in [2.75, 3.05) is 18.0 Å². The van der Waals surface area contributed by atoms with Gasteiger partial charge in [-0.2, -0.15) is 10.4 Å². The van der Waals surface area contributed by atoms with Gasteiger partial charge in [-0.15, -0.1) is 5.10 Å². The first-order valence-corrected chi connectivity index (χ1v) is 7.81. The molecule has 1 saturated heterocycles. The molecule has 2 unspecified atom stereocenters. The minimum absolute atomic E-state index is 0.763. The molecule has 2 fully saturated rings. The second-order valence-electron chi connectivity index (χ2n) is 6.00. The van der Waals surface area contributed by atoms with E-state index in [2.05, 4.69) is 35.0 Å². The highest BCUT2D eigenvalue weighted by molar-refractivity contribution is 5.58.